The van der Waals surface area contributed by atoms with Crippen LogP contribution in [0, 0.1) is 39.6 Å². The summed E-state index contributed by atoms with van der Waals surface area (Å²) in [4.78, 5) is 9.80. The molecule has 1 aromatic rings. The fourth-order valence-electron chi connectivity index (χ4n) is 1.26. The van der Waals surface area contributed by atoms with Crippen LogP contribution in [0.3, 0.4) is 0 Å². The van der Waals surface area contributed by atoms with E-state index in [-0.39, 0.29) is 10.2 Å². The van der Waals surface area contributed by atoms with Crippen molar-refractivity contribution < 1.29 is 9.31 Å². The molecule has 1 aromatic carbocycles. The van der Waals surface area contributed by atoms with Gasteiger partial charge in [0.2, 0.25) is 11.5 Å². The summed E-state index contributed by atoms with van der Waals surface area (Å²) in [5, 5.41) is 29.9. The molecule has 20 heavy (non-hydrogen) atoms. The standard InChI is InChI=1S/C10H8BrFN6O2/c1-4-2-6(18(19)20)8(12)7(11)9(4)17-16-5(3-13)10(14)15/h2,17H,1H3,(H3,14,15)/b16-5+. The van der Waals surface area contributed by atoms with Crippen LogP contribution in [0.5, 0.6) is 0 Å². The van der Waals surface area contributed by atoms with Gasteiger partial charge in [0, 0.05) is 6.07 Å². The quantitative estimate of drug-likeness (QED) is 0.332. The third kappa shape index (κ3) is 3.07. The molecule has 1 rings (SSSR count). The van der Waals surface area contributed by atoms with E-state index in [0.717, 1.165) is 6.07 Å². The van der Waals surface area contributed by atoms with Crippen molar-refractivity contribution in [3.05, 3.63) is 32.0 Å². The highest BCUT2D eigenvalue weighted by Gasteiger charge is 2.22. The number of hydrogen-bond donors (Lipinski definition) is 3. The first-order chi connectivity index (χ1) is 9.29. The molecule has 0 amide bonds. The van der Waals surface area contributed by atoms with Gasteiger partial charge in [-0.25, -0.2) is 0 Å². The number of nitrogens with one attached hydrogen (secondary N) is 2. The highest BCUT2D eigenvalue weighted by atomic mass is 79.9. The number of rotatable bonds is 4. The number of nitrogens with two attached hydrogens (primary N) is 1. The molecule has 0 atom stereocenters. The molecular weight excluding hydrogens is 335 g/mol. The Morgan fingerprint density at radius 3 is 2.80 bits per heavy atom. The van der Waals surface area contributed by atoms with Crippen LogP contribution in [0.1, 0.15) is 5.56 Å². The molecule has 104 valence electrons. The molecule has 0 aliphatic heterocycles. The third-order valence-corrected chi connectivity index (χ3v) is 2.97. The topological polar surface area (TPSA) is 141 Å². The average molecular weight is 343 g/mol. The van der Waals surface area contributed by atoms with Crippen molar-refractivity contribution in [2.24, 2.45) is 10.8 Å². The monoisotopic (exact) mass is 342 g/mol. The van der Waals surface area contributed by atoms with E-state index in [2.05, 4.69) is 26.5 Å². The second-order valence-corrected chi connectivity index (χ2v) is 4.36. The lowest BCUT2D eigenvalue weighted by Crippen LogP contribution is -2.22. The van der Waals surface area contributed by atoms with Crippen LogP contribution in [-0.4, -0.2) is 16.5 Å². The maximum atomic E-state index is 13.7. The predicted octanol–water partition coefficient (Wildman–Crippen LogP) is 2.03. The molecule has 0 spiro atoms. The summed E-state index contributed by atoms with van der Waals surface area (Å²) >= 11 is 2.88. The van der Waals surface area contributed by atoms with Gasteiger partial charge in [-0.2, -0.15) is 14.8 Å². The Morgan fingerprint density at radius 1 is 1.75 bits per heavy atom. The van der Waals surface area contributed by atoms with Crippen molar-refractivity contribution in [3.8, 4) is 6.07 Å². The smallest absolute Gasteiger partial charge is 0.306 e. The molecule has 0 heterocycles. The normalized spacial score (nSPS) is 10.8. The number of benzene rings is 1. The number of amidine groups is 1. The zero-order valence-electron chi connectivity index (χ0n) is 10.1. The largest absolute Gasteiger partial charge is 0.382 e. The lowest BCUT2D eigenvalue weighted by atomic mass is 10.2. The minimum atomic E-state index is -1.07. The number of nitro benzene ring substituents is 1. The number of nitro groups is 1. The first-order valence-electron chi connectivity index (χ1n) is 5.00. The number of anilines is 1. The number of hydrazone groups is 1. The minimum Gasteiger partial charge on any atom is -0.382 e. The van der Waals surface area contributed by atoms with Gasteiger partial charge in [0.25, 0.3) is 0 Å². The molecule has 0 bridgehead atoms. The molecule has 0 unspecified atom stereocenters. The van der Waals surface area contributed by atoms with Crippen molar-refractivity contribution in [1.82, 2.24) is 0 Å². The summed E-state index contributed by atoms with van der Waals surface area (Å²) in [5.74, 6) is -1.63. The van der Waals surface area contributed by atoms with E-state index in [0.29, 0.717) is 5.56 Å². The van der Waals surface area contributed by atoms with Gasteiger partial charge < -0.3 is 5.73 Å². The second-order valence-electron chi connectivity index (χ2n) is 3.57. The Kier molecular flexibility index (Phi) is 4.71. The SMILES string of the molecule is Cc1cc([N+](=O)[O-])c(F)c(Br)c1N/N=C(\C#N)C(=N)N. The van der Waals surface area contributed by atoms with Gasteiger partial charge in [-0.05, 0) is 28.4 Å². The third-order valence-electron chi connectivity index (χ3n) is 2.22. The van der Waals surface area contributed by atoms with Crippen LogP contribution in [0.2, 0.25) is 0 Å². The highest BCUT2D eigenvalue weighted by Crippen LogP contribution is 2.35. The average Bonchev–Trinajstić information content (AvgIpc) is 2.37. The number of aryl methyl sites for hydroxylation is 1. The molecule has 0 aliphatic carbocycles. The van der Waals surface area contributed by atoms with Crippen molar-refractivity contribution in [1.29, 1.82) is 10.7 Å². The van der Waals surface area contributed by atoms with Crippen molar-refractivity contribution in [3.63, 3.8) is 0 Å². The van der Waals surface area contributed by atoms with Gasteiger partial charge >= 0.3 is 5.69 Å². The fourth-order valence-corrected chi connectivity index (χ4v) is 1.87. The summed E-state index contributed by atoms with van der Waals surface area (Å²) in [6.07, 6.45) is 0. The minimum absolute atomic E-state index is 0.0992. The van der Waals surface area contributed by atoms with Gasteiger partial charge in [-0.15, -0.1) is 0 Å². The molecule has 8 nitrogen and oxygen atoms in total. The Balaban J connectivity index is 3.29. The zero-order valence-corrected chi connectivity index (χ0v) is 11.7. The van der Waals surface area contributed by atoms with E-state index < -0.39 is 28.0 Å². The summed E-state index contributed by atoms with van der Waals surface area (Å²) in [6.45, 7) is 1.49. The van der Waals surface area contributed by atoms with Crippen LogP contribution in [-0.2, 0) is 0 Å². The molecule has 0 saturated carbocycles. The van der Waals surface area contributed by atoms with Gasteiger partial charge in [0.05, 0.1) is 15.1 Å². The van der Waals surface area contributed by atoms with E-state index >= 15 is 0 Å². The molecule has 0 fully saturated rings. The van der Waals surface area contributed by atoms with Gasteiger partial charge in [0.1, 0.15) is 6.07 Å². The van der Waals surface area contributed by atoms with Crippen molar-refractivity contribution in [2.45, 2.75) is 6.92 Å². The van der Waals surface area contributed by atoms with Crippen molar-refractivity contribution in [2.75, 3.05) is 5.43 Å². The molecule has 4 N–H and O–H groups in total. The lowest BCUT2D eigenvalue weighted by molar-refractivity contribution is -0.387. The Bertz CT molecular complexity index is 667. The van der Waals surface area contributed by atoms with E-state index in [4.69, 9.17) is 16.4 Å². The van der Waals surface area contributed by atoms with Crippen LogP contribution >= 0.6 is 15.9 Å². The molecule has 0 aliphatic rings. The molecule has 0 aromatic heterocycles. The molecule has 10 heteroatoms. The number of hydrogen-bond acceptors (Lipinski definition) is 6. The predicted molar refractivity (Wildman–Crippen MR) is 74.1 cm³/mol. The fraction of sp³-hybridized carbons (Fsp3) is 0.100. The summed E-state index contributed by atoms with van der Waals surface area (Å²) in [7, 11) is 0. The van der Waals surface area contributed by atoms with E-state index in [1.807, 2.05) is 0 Å². The Morgan fingerprint density at radius 2 is 2.35 bits per heavy atom. The van der Waals surface area contributed by atoms with Crippen LogP contribution in [0.15, 0.2) is 15.6 Å². The molecule has 0 saturated heterocycles. The summed E-state index contributed by atoms with van der Waals surface area (Å²) in [5.41, 5.74) is 6.80. The second kappa shape index (κ2) is 6.07. The summed E-state index contributed by atoms with van der Waals surface area (Å²) in [6, 6.07) is 2.60. The van der Waals surface area contributed by atoms with E-state index in [1.54, 1.807) is 6.07 Å². The molecular formula is C10H8BrFN6O2. The number of nitrogens with zero attached hydrogens (tertiary/aromatic N) is 3. The van der Waals surface area contributed by atoms with Crippen LogP contribution in [0.4, 0.5) is 15.8 Å². The molecule has 0 radical (unpaired) electrons. The van der Waals surface area contributed by atoms with E-state index in [1.165, 1.54) is 6.92 Å². The van der Waals surface area contributed by atoms with Crippen LogP contribution < -0.4 is 11.2 Å². The maximum Gasteiger partial charge on any atom is 0.306 e. The highest BCUT2D eigenvalue weighted by molar-refractivity contribution is 9.10. The van der Waals surface area contributed by atoms with Crippen LogP contribution in [0.25, 0.3) is 0 Å². The first kappa shape index (κ1) is 15.5. The van der Waals surface area contributed by atoms with Crippen molar-refractivity contribution >= 4 is 38.9 Å². The maximum absolute atomic E-state index is 13.7. The van der Waals surface area contributed by atoms with E-state index in [9.17, 15) is 14.5 Å². The number of nitriles is 1. The number of halogens is 2. The Hall–Kier alpha value is -2.54. The van der Waals surface area contributed by atoms with Gasteiger partial charge in [-0.3, -0.25) is 20.9 Å². The summed E-state index contributed by atoms with van der Waals surface area (Å²) < 4.78 is 13.5. The Labute approximate surface area is 120 Å². The van der Waals surface area contributed by atoms with Gasteiger partial charge in [0.15, 0.2) is 5.84 Å². The first-order valence-corrected chi connectivity index (χ1v) is 5.80. The van der Waals surface area contributed by atoms with Gasteiger partial charge in [-0.1, -0.05) is 0 Å². The lowest BCUT2D eigenvalue weighted by Gasteiger charge is -2.09. The zero-order chi connectivity index (χ0) is 15.4.